The average molecular weight is 373 g/mol. The second kappa shape index (κ2) is 6.96. The molecule has 0 spiro atoms. The molecule has 0 heterocycles. The number of fused-ring (bicyclic) bond motifs is 3. The molecule has 27 heavy (non-hydrogen) atoms. The maximum Gasteiger partial charge on any atom is 0.311 e. The van der Waals surface area contributed by atoms with Crippen molar-refractivity contribution >= 4 is 11.9 Å². The van der Waals surface area contributed by atoms with Crippen LogP contribution in [0.15, 0.2) is 18.2 Å². The second-order valence-electron chi connectivity index (χ2n) is 9.07. The first-order valence-corrected chi connectivity index (χ1v) is 10.0. The third-order valence-electron chi connectivity index (χ3n) is 7.04. The molecule has 0 radical (unpaired) electrons. The van der Waals surface area contributed by atoms with Gasteiger partial charge in [-0.3, -0.25) is 9.59 Å². The molecule has 2 aliphatic carbocycles. The van der Waals surface area contributed by atoms with Gasteiger partial charge in [-0.15, -0.1) is 0 Å². The van der Waals surface area contributed by atoms with E-state index >= 15 is 0 Å². The SMILES string of the molecule is COC(=O)C1(C)CCC[C@]2(C)c3ccc(C(C)C)cc3[C@H](OC(C)=O)CC12. The van der Waals surface area contributed by atoms with E-state index in [0.717, 1.165) is 24.8 Å². The van der Waals surface area contributed by atoms with Crippen molar-refractivity contribution in [2.45, 2.75) is 77.7 Å². The highest BCUT2D eigenvalue weighted by atomic mass is 16.5. The quantitative estimate of drug-likeness (QED) is 0.696. The van der Waals surface area contributed by atoms with Crippen LogP contribution in [0.25, 0.3) is 0 Å². The molecule has 3 rings (SSSR count). The van der Waals surface area contributed by atoms with Gasteiger partial charge in [0.15, 0.2) is 0 Å². The van der Waals surface area contributed by atoms with Crippen molar-refractivity contribution in [1.82, 2.24) is 0 Å². The van der Waals surface area contributed by atoms with Crippen LogP contribution >= 0.6 is 0 Å². The minimum absolute atomic E-state index is 0.0768. The van der Waals surface area contributed by atoms with Crippen LogP contribution in [-0.2, 0) is 24.5 Å². The lowest BCUT2D eigenvalue weighted by Crippen LogP contribution is -2.53. The van der Waals surface area contributed by atoms with Crippen molar-refractivity contribution in [3.63, 3.8) is 0 Å². The molecule has 4 nitrogen and oxygen atoms in total. The summed E-state index contributed by atoms with van der Waals surface area (Å²) in [6, 6.07) is 6.60. The zero-order chi connectivity index (χ0) is 20.0. The smallest absolute Gasteiger partial charge is 0.311 e. The minimum atomic E-state index is -0.561. The van der Waals surface area contributed by atoms with E-state index in [2.05, 4.69) is 39.0 Å². The fourth-order valence-corrected chi connectivity index (χ4v) is 5.57. The lowest BCUT2D eigenvalue weighted by Gasteiger charge is -2.55. The summed E-state index contributed by atoms with van der Waals surface area (Å²) in [5.74, 6) is 0.0563. The topological polar surface area (TPSA) is 52.6 Å². The fourth-order valence-electron chi connectivity index (χ4n) is 5.57. The molecule has 0 N–H and O–H groups in total. The number of hydrogen-bond acceptors (Lipinski definition) is 4. The summed E-state index contributed by atoms with van der Waals surface area (Å²) < 4.78 is 11.0. The maximum atomic E-state index is 12.7. The molecule has 1 fully saturated rings. The standard InChI is InChI=1S/C23H32O4/c1-14(2)16-8-9-18-17(12-16)19(27-15(3)24)13-20-22(18,4)10-7-11-23(20,5)21(25)26-6/h8-9,12,14,19-20H,7,10-11,13H2,1-6H3/t19-,20?,22-,23?/m1/s1. The molecule has 1 saturated carbocycles. The molecular weight excluding hydrogens is 340 g/mol. The molecule has 0 aliphatic heterocycles. The number of hydrogen-bond donors (Lipinski definition) is 0. The molecule has 1 aromatic carbocycles. The Morgan fingerprint density at radius 1 is 1.19 bits per heavy atom. The summed E-state index contributed by atoms with van der Waals surface area (Å²) in [6.45, 7) is 10.1. The number of benzene rings is 1. The third kappa shape index (κ3) is 3.17. The number of ether oxygens (including phenoxy) is 2. The molecule has 148 valence electrons. The molecule has 0 saturated heterocycles. The molecule has 1 aromatic rings. The van der Waals surface area contributed by atoms with Gasteiger partial charge in [0.1, 0.15) is 6.10 Å². The zero-order valence-electron chi connectivity index (χ0n) is 17.4. The molecule has 2 unspecified atom stereocenters. The van der Waals surface area contributed by atoms with Gasteiger partial charge in [-0.1, -0.05) is 45.4 Å². The van der Waals surface area contributed by atoms with E-state index in [0.29, 0.717) is 12.3 Å². The maximum absolute atomic E-state index is 12.7. The number of rotatable bonds is 3. The van der Waals surface area contributed by atoms with Gasteiger partial charge >= 0.3 is 11.9 Å². The summed E-state index contributed by atoms with van der Waals surface area (Å²) in [5.41, 5.74) is 2.91. The third-order valence-corrected chi connectivity index (χ3v) is 7.04. The largest absolute Gasteiger partial charge is 0.469 e. The number of carbonyl (C=O) groups is 2. The first kappa shape index (κ1) is 19.9. The molecule has 0 aromatic heterocycles. The number of methoxy groups -OCH3 is 1. The van der Waals surface area contributed by atoms with E-state index in [9.17, 15) is 9.59 Å². The lowest BCUT2D eigenvalue weighted by atomic mass is 9.49. The lowest BCUT2D eigenvalue weighted by molar-refractivity contribution is -0.165. The van der Waals surface area contributed by atoms with Gasteiger partial charge in [0.2, 0.25) is 0 Å². The Morgan fingerprint density at radius 2 is 1.89 bits per heavy atom. The van der Waals surface area contributed by atoms with Gasteiger partial charge in [0.05, 0.1) is 12.5 Å². The van der Waals surface area contributed by atoms with Crippen LogP contribution in [0.3, 0.4) is 0 Å². The van der Waals surface area contributed by atoms with E-state index in [1.165, 1.54) is 25.2 Å². The summed E-state index contributed by atoms with van der Waals surface area (Å²) in [4.78, 5) is 24.6. The highest BCUT2D eigenvalue weighted by Crippen LogP contribution is 2.60. The molecular formula is C23H32O4. The van der Waals surface area contributed by atoms with Crippen molar-refractivity contribution in [2.24, 2.45) is 11.3 Å². The number of carbonyl (C=O) groups excluding carboxylic acids is 2. The van der Waals surface area contributed by atoms with Crippen LogP contribution in [-0.4, -0.2) is 19.0 Å². The highest BCUT2D eigenvalue weighted by Gasteiger charge is 2.57. The van der Waals surface area contributed by atoms with E-state index in [-0.39, 0.29) is 29.4 Å². The Balaban J connectivity index is 2.16. The molecule has 2 aliphatic rings. The zero-order valence-corrected chi connectivity index (χ0v) is 17.4. The van der Waals surface area contributed by atoms with Gasteiger partial charge in [-0.05, 0) is 60.1 Å². The Kier molecular flexibility index (Phi) is 5.13. The molecule has 0 amide bonds. The predicted molar refractivity (Wildman–Crippen MR) is 104 cm³/mol. The predicted octanol–water partition coefficient (Wildman–Crippen LogP) is 5.06. The summed E-state index contributed by atoms with van der Waals surface area (Å²) in [5, 5.41) is 0. The highest BCUT2D eigenvalue weighted by molar-refractivity contribution is 5.77. The Morgan fingerprint density at radius 3 is 2.48 bits per heavy atom. The van der Waals surface area contributed by atoms with Gasteiger partial charge in [0.25, 0.3) is 0 Å². The molecule has 4 heteroatoms. The Bertz CT molecular complexity index is 753. The number of esters is 2. The molecule has 4 atom stereocenters. The minimum Gasteiger partial charge on any atom is -0.469 e. The van der Waals surface area contributed by atoms with Gasteiger partial charge in [0, 0.05) is 6.92 Å². The fraction of sp³-hybridized carbons (Fsp3) is 0.652. The average Bonchev–Trinajstić information content (AvgIpc) is 2.61. The van der Waals surface area contributed by atoms with Crippen molar-refractivity contribution < 1.29 is 19.1 Å². The van der Waals surface area contributed by atoms with E-state index in [4.69, 9.17) is 9.47 Å². The molecule has 0 bridgehead atoms. The van der Waals surface area contributed by atoms with Crippen LogP contribution in [0.4, 0.5) is 0 Å². The Hall–Kier alpha value is -1.84. The van der Waals surface area contributed by atoms with Gasteiger partial charge in [-0.2, -0.15) is 0 Å². The van der Waals surface area contributed by atoms with E-state index in [1.807, 2.05) is 6.92 Å². The van der Waals surface area contributed by atoms with E-state index < -0.39 is 5.41 Å². The van der Waals surface area contributed by atoms with E-state index in [1.54, 1.807) is 0 Å². The van der Waals surface area contributed by atoms with Crippen molar-refractivity contribution in [3.05, 3.63) is 34.9 Å². The summed E-state index contributed by atoms with van der Waals surface area (Å²) in [7, 11) is 1.47. The van der Waals surface area contributed by atoms with Crippen LogP contribution in [0.1, 0.15) is 89.0 Å². The normalized spacial score (nSPS) is 32.4. The van der Waals surface area contributed by atoms with Gasteiger partial charge in [-0.25, -0.2) is 0 Å². The van der Waals surface area contributed by atoms with Crippen LogP contribution in [0, 0.1) is 11.3 Å². The van der Waals surface area contributed by atoms with Gasteiger partial charge < -0.3 is 9.47 Å². The van der Waals surface area contributed by atoms with Crippen molar-refractivity contribution in [3.8, 4) is 0 Å². The summed E-state index contributed by atoms with van der Waals surface area (Å²) in [6.07, 6.45) is 3.19. The Labute approximate surface area is 162 Å². The van der Waals surface area contributed by atoms with Crippen LogP contribution in [0.5, 0.6) is 0 Å². The summed E-state index contributed by atoms with van der Waals surface area (Å²) >= 11 is 0. The van der Waals surface area contributed by atoms with Crippen molar-refractivity contribution in [2.75, 3.05) is 7.11 Å². The van der Waals surface area contributed by atoms with Crippen LogP contribution in [0.2, 0.25) is 0 Å². The second-order valence-corrected chi connectivity index (χ2v) is 9.07. The van der Waals surface area contributed by atoms with Crippen LogP contribution < -0.4 is 0 Å². The first-order valence-electron chi connectivity index (χ1n) is 10.0. The first-order chi connectivity index (χ1) is 12.6. The van der Waals surface area contributed by atoms with Crippen molar-refractivity contribution in [1.29, 1.82) is 0 Å². The monoisotopic (exact) mass is 372 g/mol.